The Morgan fingerprint density at radius 1 is 1.18 bits per heavy atom. The third-order valence-electron chi connectivity index (χ3n) is 7.03. The molecule has 3 N–H and O–H groups in total. The monoisotopic (exact) mass is 306 g/mol. The molecule has 3 atom stereocenters. The molecule has 1 amide bonds. The molecule has 0 radical (unpaired) electrons. The number of hydrogen-bond donors (Lipinski definition) is 2. The predicted molar refractivity (Wildman–Crippen MR) is 85.2 cm³/mol. The molecule has 124 valence electrons. The summed E-state index contributed by atoms with van der Waals surface area (Å²) in [6.45, 7) is 2.76. The molecule has 1 aliphatic heterocycles. The van der Waals surface area contributed by atoms with Crippen LogP contribution in [0, 0.1) is 23.2 Å². The van der Waals surface area contributed by atoms with Crippen molar-refractivity contribution in [3.8, 4) is 0 Å². The highest BCUT2D eigenvalue weighted by Crippen LogP contribution is 2.61. The standard InChI is InChI=1S/C18H30N2O2/c1-11(20-17(21)16-3-2-15(10-19)22-16)18-7-12-4-13(8-18)6-14(5-12)9-18/h11-16H,2-10,19H2,1H3,(H,20,21)/t11?,12?,13?,14?,15-,16+,18?/m1/s1. The van der Waals surface area contributed by atoms with Gasteiger partial charge in [0.15, 0.2) is 0 Å². The number of rotatable bonds is 4. The van der Waals surface area contributed by atoms with Crippen molar-refractivity contribution in [3.05, 3.63) is 0 Å². The van der Waals surface area contributed by atoms with E-state index in [1.807, 2.05) is 0 Å². The summed E-state index contributed by atoms with van der Waals surface area (Å²) >= 11 is 0. The molecular weight excluding hydrogens is 276 g/mol. The van der Waals surface area contributed by atoms with Crippen molar-refractivity contribution in [2.75, 3.05) is 6.54 Å². The molecular formula is C18H30N2O2. The molecule has 22 heavy (non-hydrogen) atoms. The van der Waals surface area contributed by atoms with Crippen LogP contribution >= 0.6 is 0 Å². The zero-order valence-corrected chi connectivity index (χ0v) is 13.7. The van der Waals surface area contributed by atoms with Crippen LogP contribution in [0.2, 0.25) is 0 Å². The summed E-state index contributed by atoms with van der Waals surface area (Å²) in [6.07, 6.45) is 9.88. The zero-order chi connectivity index (χ0) is 15.3. The lowest BCUT2D eigenvalue weighted by Crippen LogP contribution is -2.57. The molecule has 0 aromatic rings. The van der Waals surface area contributed by atoms with E-state index in [2.05, 4.69) is 12.2 Å². The molecule has 4 heteroatoms. The van der Waals surface area contributed by atoms with E-state index >= 15 is 0 Å². The second-order valence-electron chi connectivity index (χ2n) is 8.57. The second-order valence-corrected chi connectivity index (χ2v) is 8.57. The Morgan fingerprint density at radius 3 is 2.27 bits per heavy atom. The van der Waals surface area contributed by atoms with Crippen LogP contribution in [0.5, 0.6) is 0 Å². The summed E-state index contributed by atoms with van der Waals surface area (Å²) in [6, 6.07) is 0.286. The number of amides is 1. The van der Waals surface area contributed by atoms with E-state index in [1.54, 1.807) is 0 Å². The van der Waals surface area contributed by atoms with Crippen LogP contribution in [-0.4, -0.2) is 30.7 Å². The molecule has 5 rings (SSSR count). The van der Waals surface area contributed by atoms with Crippen molar-refractivity contribution in [1.82, 2.24) is 5.32 Å². The van der Waals surface area contributed by atoms with E-state index in [0.717, 1.165) is 30.6 Å². The molecule has 1 saturated heterocycles. The van der Waals surface area contributed by atoms with Gasteiger partial charge in [0.25, 0.3) is 0 Å². The highest BCUT2D eigenvalue weighted by molar-refractivity contribution is 5.81. The van der Waals surface area contributed by atoms with E-state index in [0.29, 0.717) is 12.0 Å². The third kappa shape index (κ3) is 2.48. The summed E-state index contributed by atoms with van der Waals surface area (Å²) in [5.41, 5.74) is 6.01. The molecule has 0 aromatic carbocycles. The van der Waals surface area contributed by atoms with E-state index in [-0.39, 0.29) is 24.2 Å². The van der Waals surface area contributed by atoms with Gasteiger partial charge in [-0.3, -0.25) is 4.79 Å². The Balaban J connectivity index is 1.40. The zero-order valence-electron chi connectivity index (χ0n) is 13.7. The molecule has 4 aliphatic carbocycles. The van der Waals surface area contributed by atoms with Gasteiger partial charge in [-0.15, -0.1) is 0 Å². The first-order valence-corrected chi connectivity index (χ1v) is 9.24. The first-order valence-electron chi connectivity index (χ1n) is 9.24. The Bertz CT molecular complexity index is 415. The molecule has 4 bridgehead atoms. The largest absolute Gasteiger partial charge is 0.364 e. The highest BCUT2D eigenvalue weighted by atomic mass is 16.5. The van der Waals surface area contributed by atoms with E-state index in [4.69, 9.17) is 10.5 Å². The fraction of sp³-hybridized carbons (Fsp3) is 0.944. The van der Waals surface area contributed by atoms with Crippen LogP contribution in [0.4, 0.5) is 0 Å². The smallest absolute Gasteiger partial charge is 0.249 e. The molecule has 5 fully saturated rings. The van der Waals surface area contributed by atoms with Gasteiger partial charge in [0.2, 0.25) is 5.91 Å². The summed E-state index contributed by atoms with van der Waals surface area (Å²) in [7, 11) is 0. The van der Waals surface area contributed by atoms with Crippen LogP contribution in [0.25, 0.3) is 0 Å². The fourth-order valence-electron chi connectivity index (χ4n) is 6.24. The van der Waals surface area contributed by atoms with Crippen LogP contribution < -0.4 is 11.1 Å². The molecule has 4 nitrogen and oxygen atoms in total. The lowest BCUT2D eigenvalue weighted by atomic mass is 9.48. The number of nitrogens with two attached hydrogens (primary N) is 1. The highest BCUT2D eigenvalue weighted by Gasteiger charge is 2.53. The van der Waals surface area contributed by atoms with Crippen LogP contribution in [0.3, 0.4) is 0 Å². The molecule has 0 spiro atoms. The molecule has 4 saturated carbocycles. The summed E-state index contributed by atoms with van der Waals surface area (Å²) in [4.78, 5) is 12.5. The number of hydrogen-bond acceptors (Lipinski definition) is 3. The topological polar surface area (TPSA) is 64.4 Å². The number of carbonyl (C=O) groups is 1. The summed E-state index contributed by atoms with van der Waals surface area (Å²) < 4.78 is 5.76. The maximum atomic E-state index is 12.5. The van der Waals surface area contributed by atoms with Gasteiger partial charge in [-0.2, -0.15) is 0 Å². The summed E-state index contributed by atoms with van der Waals surface area (Å²) in [5, 5.41) is 3.32. The van der Waals surface area contributed by atoms with Crippen LogP contribution in [-0.2, 0) is 9.53 Å². The Labute approximate surface area is 133 Å². The minimum atomic E-state index is -0.273. The first-order chi connectivity index (χ1) is 10.6. The predicted octanol–water partition coefficient (Wildman–Crippen LogP) is 2.21. The lowest BCUT2D eigenvalue weighted by molar-refractivity contribution is -0.136. The summed E-state index contributed by atoms with van der Waals surface area (Å²) in [5.74, 6) is 2.87. The lowest BCUT2D eigenvalue weighted by Gasteiger charge is -2.59. The van der Waals surface area contributed by atoms with Gasteiger partial charge in [0.05, 0.1) is 6.10 Å². The van der Waals surface area contributed by atoms with Gasteiger partial charge in [-0.1, -0.05) is 0 Å². The van der Waals surface area contributed by atoms with Gasteiger partial charge in [0.1, 0.15) is 6.10 Å². The fourth-order valence-corrected chi connectivity index (χ4v) is 6.24. The number of ether oxygens (including phenoxy) is 1. The van der Waals surface area contributed by atoms with Gasteiger partial charge in [-0.05, 0) is 81.5 Å². The Kier molecular flexibility index (Phi) is 3.73. The average Bonchev–Trinajstić information content (AvgIpc) is 2.94. The number of carbonyl (C=O) groups excluding carboxylic acids is 1. The first kappa shape index (κ1) is 14.9. The van der Waals surface area contributed by atoms with Gasteiger partial charge in [-0.25, -0.2) is 0 Å². The van der Waals surface area contributed by atoms with E-state index in [1.165, 1.54) is 38.5 Å². The minimum Gasteiger partial charge on any atom is -0.364 e. The third-order valence-corrected chi connectivity index (χ3v) is 7.03. The van der Waals surface area contributed by atoms with Crippen molar-refractivity contribution in [2.45, 2.75) is 76.5 Å². The second kappa shape index (κ2) is 5.48. The Morgan fingerprint density at radius 2 is 1.77 bits per heavy atom. The minimum absolute atomic E-state index is 0.0746. The average molecular weight is 306 g/mol. The van der Waals surface area contributed by atoms with Crippen molar-refractivity contribution < 1.29 is 9.53 Å². The number of nitrogens with one attached hydrogen (secondary N) is 1. The van der Waals surface area contributed by atoms with Crippen molar-refractivity contribution in [1.29, 1.82) is 0 Å². The van der Waals surface area contributed by atoms with Crippen LogP contribution in [0.15, 0.2) is 0 Å². The quantitative estimate of drug-likeness (QED) is 0.837. The van der Waals surface area contributed by atoms with E-state index in [9.17, 15) is 4.79 Å². The molecule has 1 heterocycles. The van der Waals surface area contributed by atoms with Gasteiger partial charge >= 0.3 is 0 Å². The van der Waals surface area contributed by atoms with Crippen molar-refractivity contribution in [2.24, 2.45) is 28.9 Å². The molecule has 0 aromatic heterocycles. The maximum absolute atomic E-state index is 12.5. The van der Waals surface area contributed by atoms with Gasteiger partial charge < -0.3 is 15.8 Å². The Hall–Kier alpha value is -0.610. The molecule has 1 unspecified atom stereocenters. The maximum Gasteiger partial charge on any atom is 0.249 e. The van der Waals surface area contributed by atoms with Gasteiger partial charge in [0, 0.05) is 12.6 Å². The van der Waals surface area contributed by atoms with Crippen LogP contribution in [0.1, 0.15) is 58.3 Å². The SMILES string of the molecule is CC(NC(=O)[C@@H]1CC[C@H](CN)O1)C12CC3CC(CC(C3)C1)C2. The van der Waals surface area contributed by atoms with Crippen molar-refractivity contribution in [3.63, 3.8) is 0 Å². The van der Waals surface area contributed by atoms with Crippen molar-refractivity contribution >= 4 is 5.91 Å². The molecule has 5 aliphatic rings. The normalized spacial score (nSPS) is 47.6. The van der Waals surface area contributed by atoms with E-state index < -0.39 is 0 Å².